The van der Waals surface area contributed by atoms with Gasteiger partial charge in [-0.25, -0.2) is 0 Å². The van der Waals surface area contributed by atoms with E-state index in [1.807, 2.05) is 7.05 Å². The summed E-state index contributed by atoms with van der Waals surface area (Å²) in [4.78, 5) is 11.4. The lowest BCUT2D eigenvalue weighted by atomic mass is 9.79. The molecule has 2 nitrogen and oxygen atoms in total. The predicted octanol–water partition coefficient (Wildman–Crippen LogP) is 2.20. The highest BCUT2D eigenvalue weighted by atomic mass is 79.9. The second-order valence-corrected chi connectivity index (χ2v) is 4.78. The maximum absolute atomic E-state index is 11.4. The van der Waals surface area contributed by atoms with Crippen molar-refractivity contribution in [2.24, 2.45) is 5.41 Å². The summed E-state index contributed by atoms with van der Waals surface area (Å²) in [6, 6.07) is 0. The fourth-order valence-electron chi connectivity index (χ4n) is 1.50. The number of hydrogen-bond donors (Lipinski definition) is 1. The minimum absolute atomic E-state index is 0.104. The van der Waals surface area contributed by atoms with Crippen molar-refractivity contribution >= 4 is 21.7 Å². The van der Waals surface area contributed by atoms with Gasteiger partial charge >= 0.3 is 0 Å². The second kappa shape index (κ2) is 3.21. The summed E-state index contributed by atoms with van der Waals surface area (Å²) in [5, 5.41) is 3.05. The van der Waals surface area contributed by atoms with Gasteiger partial charge in [-0.05, 0) is 27.8 Å². The Hall–Kier alpha value is -0.310. The summed E-state index contributed by atoms with van der Waals surface area (Å²) >= 11 is 3.30. The number of allylic oxidation sites excluding steroid dienone is 2. The van der Waals surface area contributed by atoms with Gasteiger partial charge in [0.2, 0.25) is 0 Å². The average molecular weight is 232 g/mol. The van der Waals surface area contributed by atoms with E-state index in [2.05, 4.69) is 35.1 Å². The van der Waals surface area contributed by atoms with Crippen LogP contribution in [0.2, 0.25) is 0 Å². The monoisotopic (exact) mass is 231 g/mol. The maximum atomic E-state index is 11.4. The van der Waals surface area contributed by atoms with Gasteiger partial charge in [0.15, 0.2) is 5.78 Å². The molecule has 1 N–H and O–H groups in total. The number of ketones is 1. The Balaban J connectivity index is 2.95. The number of rotatable bonds is 1. The molecule has 0 spiro atoms. The quantitative estimate of drug-likeness (QED) is 0.750. The van der Waals surface area contributed by atoms with Crippen LogP contribution in [0.4, 0.5) is 0 Å². The third-order valence-electron chi connectivity index (χ3n) is 2.11. The third-order valence-corrected chi connectivity index (χ3v) is 3.03. The van der Waals surface area contributed by atoms with Crippen LogP contribution >= 0.6 is 15.9 Å². The first-order chi connectivity index (χ1) is 5.46. The first-order valence-corrected chi connectivity index (χ1v) is 4.85. The van der Waals surface area contributed by atoms with Gasteiger partial charge < -0.3 is 5.32 Å². The zero-order valence-electron chi connectivity index (χ0n) is 7.70. The summed E-state index contributed by atoms with van der Waals surface area (Å²) in [5.74, 6) is 0.204. The molecule has 0 atom stereocenters. The van der Waals surface area contributed by atoms with Crippen molar-refractivity contribution in [2.45, 2.75) is 26.7 Å². The van der Waals surface area contributed by atoms with Crippen molar-refractivity contribution < 1.29 is 4.79 Å². The first kappa shape index (κ1) is 9.78. The van der Waals surface area contributed by atoms with E-state index in [9.17, 15) is 4.79 Å². The van der Waals surface area contributed by atoms with Gasteiger partial charge in [-0.1, -0.05) is 13.8 Å². The summed E-state index contributed by atoms with van der Waals surface area (Å²) in [7, 11) is 1.85. The van der Waals surface area contributed by atoms with E-state index in [-0.39, 0.29) is 11.2 Å². The lowest BCUT2D eigenvalue weighted by molar-refractivity contribution is -0.117. The topological polar surface area (TPSA) is 29.1 Å². The lowest BCUT2D eigenvalue weighted by Crippen LogP contribution is -2.28. The standard InChI is InChI=1S/C9H14BrNO/c1-9(2)4-6(11-3)8(10)7(12)5-9/h11H,4-5H2,1-3H3. The zero-order valence-corrected chi connectivity index (χ0v) is 9.29. The van der Waals surface area contributed by atoms with E-state index in [1.165, 1.54) is 0 Å². The number of Topliss-reactive ketones (excluding diaryl/α,β-unsaturated/α-hetero) is 1. The van der Waals surface area contributed by atoms with Crippen LogP contribution in [-0.2, 0) is 4.79 Å². The molecule has 0 radical (unpaired) electrons. The van der Waals surface area contributed by atoms with Crippen LogP contribution in [0.5, 0.6) is 0 Å². The molecule has 0 heterocycles. The van der Waals surface area contributed by atoms with Gasteiger partial charge in [0.1, 0.15) is 0 Å². The van der Waals surface area contributed by atoms with E-state index >= 15 is 0 Å². The normalized spacial score (nSPS) is 22.8. The molecule has 1 aliphatic carbocycles. The Bertz CT molecular complexity index is 243. The van der Waals surface area contributed by atoms with Crippen molar-refractivity contribution in [3.05, 3.63) is 10.2 Å². The van der Waals surface area contributed by atoms with E-state index in [0.29, 0.717) is 6.42 Å². The van der Waals surface area contributed by atoms with Gasteiger partial charge in [-0.15, -0.1) is 0 Å². The molecule has 0 fully saturated rings. The Labute approximate surface area is 81.5 Å². The van der Waals surface area contributed by atoms with Gasteiger partial charge in [-0.2, -0.15) is 0 Å². The van der Waals surface area contributed by atoms with Crippen LogP contribution in [0.15, 0.2) is 10.2 Å². The third kappa shape index (κ3) is 1.89. The van der Waals surface area contributed by atoms with Crippen LogP contribution in [0.1, 0.15) is 26.7 Å². The smallest absolute Gasteiger partial charge is 0.172 e. The number of hydrogen-bond acceptors (Lipinski definition) is 2. The minimum atomic E-state index is 0.104. The Kier molecular flexibility index (Phi) is 2.61. The van der Waals surface area contributed by atoms with Crippen molar-refractivity contribution in [2.75, 3.05) is 7.05 Å². The zero-order chi connectivity index (χ0) is 9.35. The van der Waals surface area contributed by atoms with Crippen LogP contribution in [0.3, 0.4) is 0 Å². The Morgan fingerprint density at radius 1 is 1.42 bits per heavy atom. The highest BCUT2D eigenvalue weighted by molar-refractivity contribution is 9.12. The molecule has 1 aliphatic rings. The fraction of sp³-hybridized carbons (Fsp3) is 0.667. The highest BCUT2D eigenvalue weighted by Crippen LogP contribution is 2.37. The number of carbonyl (C=O) groups is 1. The van der Waals surface area contributed by atoms with Crippen LogP contribution in [0, 0.1) is 5.41 Å². The molecular weight excluding hydrogens is 218 g/mol. The summed E-state index contributed by atoms with van der Waals surface area (Å²) in [5.41, 5.74) is 1.13. The molecule has 0 aromatic rings. The minimum Gasteiger partial charge on any atom is -0.390 e. The second-order valence-electron chi connectivity index (χ2n) is 3.98. The van der Waals surface area contributed by atoms with E-state index in [4.69, 9.17) is 0 Å². The fourth-order valence-corrected chi connectivity index (χ4v) is 1.98. The van der Waals surface area contributed by atoms with Crippen molar-refractivity contribution in [3.8, 4) is 0 Å². The van der Waals surface area contributed by atoms with E-state index < -0.39 is 0 Å². The molecule has 68 valence electrons. The molecule has 0 amide bonds. The van der Waals surface area contributed by atoms with Gasteiger partial charge in [0.25, 0.3) is 0 Å². The van der Waals surface area contributed by atoms with E-state index in [1.54, 1.807) is 0 Å². The number of nitrogens with one attached hydrogen (secondary N) is 1. The SMILES string of the molecule is CNC1=C(Br)C(=O)CC(C)(C)C1. The number of carbonyl (C=O) groups excluding carboxylic acids is 1. The maximum Gasteiger partial charge on any atom is 0.172 e. The summed E-state index contributed by atoms with van der Waals surface area (Å²) in [6.07, 6.45) is 1.58. The number of halogens is 1. The van der Waals surface area contributed by atoms with Gasteiger partial charge in [0.05, 0.1) is 4.48 Å². The average Bonchev–Trinajstić information content (AvgIpc) is 1.96. The molecule has 3 heteroatoms. The predicted molar refractivity (Wildman–Crippen MR) is 53.0 cm³/mol. The van der Waals surface area contributed by atoms with Crippen LogP contribution in [0.25, 0.3) is 0 Å². The van der Waals surface area contributed by atoms with Crippen molar-refractivity contribution in [1.82, 2.24) is 5.32 Å². The Morgan fingerprint density at radius 2 is 2.00 bits per heavy atom. The molecule has 0 aliphatic heterocycles. The molecule has 12 heavy (non-hydrogen) atoms. The molecule has 0 aromatic carbocycles. The van der Waals surface area contributed by atoms with Crippen molar-refractivity contribution in [3.63, 3.8) is 0 Å². The van der Waals surface area contributed by atoms with Crippen LogP contribution in [-0.4, -0.2) is 12.8 Å². The molecule has 0 saturated carbocycles. The molecular formula is C9H14BrNO. The summed E-state index contributed by atoms with van der Waals surface area (Å²) in [6.45, 7) is 4.23. The largest absolute Gasteiger partial charge is 0.390 e. The molecule has 0 saturated heterocycles. The molecule has 0 aromatic heterocycles. The molecule has 0 bridgehead atoms. The van der Waals surface area contributed by atoms with E-state index in [0.717, 1.165) is 16.6 Å². The molecule has 1 rings (SSSR count). The molecule has 0 unspecified atom stereocenters. The lowest BCUT2D eigenvalue weighted by Gasteiger charge is -2.30. The van der Waals surface area contributed by atoms with Crippen LogP contribution < -0.4 is 5.32 Å². The van der Waals surface area contributed by atoms with Gasteiger partial charge in [0, 0.05) is 19.2 Å². The van der Waals surface area contributed by atoms with Gasteiger partial charge in [-0.3, -0.25) is 4.79 Å². The Morgan fingerprint density at radius 3 is 2.50 bits per heavy atom. The first-order valence-electron chi connectivity index (χ1n) is 4.06. The highest BCUT2D eigenvalue weighted by Gasteiger charge is 2.31. The van der Waals surface area contributed by atoms with Crippen molar-refractivity contribution in [1.29, 1.82) is 0 Å². The summed E-state index contributed by atoms with van der Waals surface area (Å²) < 4.78 is 0.726.